The van der Waals surface area contributed by atoms with Gasteiger partial charge in [-0.05, 0) is 0 Å². The summed E-state index contributed by atoms with van der Waals surface area (Å²) in [6.07, 6.45) is 0. The summed E-state index contributed by atoms with van der Waals surface area (Å²) in [6.45, 7) is 0. The second-order valence-electron chi connectivity index (χ2n) is 0.624. The number of nitrogens with two attached hydrogens (primary N) is 1. The zero-order valence-corrected chi connectivity index (χ0v) is 3.75. The Morgan fingerprint density at radius 2 is 2.43 bits per heavy atom. The van der Waals surface area contributed by atoms with E-state index < -0.39 is 0 Å². The van der Waals surface area contributed by atoms with Crippen molar-refractivity contribution in [3.63, 3.8) is 0 Å². The lowest BCUT2D eigenvalue weighted by Gasteiger charge is -2.19. The lowest BCUT2D eigenvalue weighted by atomic mass is 11.6. The first-order valence-corrected chi connectivity index (χ1v) is 1.49. The fourth-order valence-corrected chi connectivity index (χ4v) is 0.0961. The van der Waals surface area contributed by atoms with E-state index in [2.05, 4.69) is 15.8 Å². The van der Waals surface area contributed by atoms with E-state index in [0.29, 0.717) is 0 Å². The Kier molecular flexibility index (Phi) is 3.80. The first-order chi connectivity index (χ1) is 3.31. The molecule has 0 aromatic rings. The van der Waals surface area contributed by atoms with Crippen LogP contribution in [0, 0.1) is 5.21 Å². The number of hydrogen-bond donors (Lipinski definition) is 2. The van der Waals surface area contributed by atoms with Crippen molar-refractivity contribution in [1.82, 2.24) is 10.9 Å². The normalized spacial score (nSPS) is 10.3. The molecule has 0 heterocycles. The lowest BCUT2D eigenvalue weighted by Crippen LogP contribution is -2.26. The van der Waals surface area contributed by atoms with Gasteiger partial charge in [-0.2, -0.15) is 21.3 Å². The minimum absolute atomic E-state index is 0.278. The predicted molar refractivity (Wildman–Crippen MR) is 20.6 cm³/mol. The van der Waals surface area contributed by atoms with Crippen LogP contribution in [0.5, 0.6) is 0 Å². The molecule has 0 aromatic carbocycles. The van der Waals surface area contributed by atoms with Crippen LogP contribution in [0.3, 0.4) is 0 Å². The highest BCUT2D eigenvalue weighted by molar-refractivity contribution is 4.09. The van der Waals surface area contributed by atoms with Gasteiger partial charge >= 0.3 is 0 Å². The van der Waals surface area contributed by atoms with Crippen molar-refractivity contribution in [3.8, 4) is 0 Å². The maximum Gasteiger partial charge on any atom is 0.0115 e. The van der Waals surface area contributed by atoms with E-state index in [9.17, 15) is 5.21 Å². The van der Waals surface area contributed by atoms with E-state index in [0.717, 1.165) is 0 Å². The Bertz CT molecular complexity index is 41.2. The Hall–Kier alpha value is -0.240. The van der Waals surface area contributed by atoms with Crippen LogP contribution in [0.25, 0.3) is 0 Å². The van der Waals surface area contributed by atoms with Crippen LogP contribution in [0.15, 0.2) is 0 Å². The topological polar surface area (TPSA) is 82.8 Å². The maximum absolute atomic E-state index is 9.70. The molecule has 44 valence electrons. The third-order valence-corrected chi connectivity index (χ3v) is 0.252. The van der Waals surface area contributed by atoms with Crippen LogP contribution >= 0.6 is 0 Å². The summed E-state index contributed by atoms with van der Waals surface area (Å²) in [5, 5.41) is 9.42. The summed E-state index contributed by atoms with van der Waals surface area (Å²) >= 11 is 0. The minimum atomic E-state index is -0.278. The van der Waals surface area contributed by atoms with Crippen LogP contribution in [0.1, 0.15) is 0 Å². The van der Waals surface area contributed by atoms with Crippen molar-refractivity contribution in [1.29, 1.82) is 0 Å². The summed E-state index contributed by atoms with van der Waals surface area (Å²) < 4.78 is 0. The lowest BCUT2D eigenvalue weighted by molar-refractivity contribution is -0.364. The molecule has 6 heteroatoms. The quantitative estimate of drug-likeness (QED) is 0.435. The van der Waals surface area contributed by atoms with Crippen LogP contribution in [0.4, 0.5) is 0 Å². The molecule has 0 fully saturated rings. The van der Waals surface area contributed by atoms with Crippen LogP contribution in [-0.4, -0.2) is 12.4 Å². The highest BCUT2D eigenvalue weighted by Crippen LogP contribution is 1.74. The Labute approximate surface area is 40.2 Å². The molecule has 0 aliphatic heterocycles. The largest absolute Gasteiger partial charge is 0.735 e. The van der Waals surface area contributed by atoms with Crippen LogP contribution in [0.2, 0.25) is 0 Å². The number of nitrogens with zero attached hydrogens (tertiary/aromatic N) is 1. The number of rotatable bonds is 3. The molecule has 0 bridgehead atoms. The van der Waals surface area contributed by atoms with Crippen molar-refractivity contribution in [2.24, 2.45) is 5.90 Å². The van der Waals surface area contributed by atoms with Gasteiger partial charge in [-0.3, -0.25) is 0 Å². The molecular weight excluding hydrogens is 102 g/mol. The summed E-state index contributed by atoms with van der Waals surface area (Å²) in [6, 6.07) is 0. The summed E-state index contributed by atoms with van der Waals surface area (Å²) in [5.74, 6) is 4.31. The molecule has 6 nitrogen and oxygen atoms in total. The first kappa shape index (κ1) is 6.76. The fourth-order valence-electron chi connectivity index (χ4n) is 0.0961. The number of nitrogens with one attached hydrogen (secondary N) is 1. The highest BCUT2D eigenvalue weighted by Gasteiger charge is 1.78. The average Bonchev–Trinajstić information content (AvgIpc) is 1.68. The van der Waals surface area contributed by atoms with Gasteiger partial charge in [0.25, 0.3) is 0 Å². The van der Waals surface area contributed by atoms with Crippen molar-refractivity contribution >= 4 is 0 Å². The zero-order valence-electron chi connectivity index (χ0n) is 3.75. The molecule has 0 radical (unpaired) electrons. The molecule has 0 amide bonds. The predicted octanol–water partition coefficient (Wildman–Crippen LogP) is -1.34. The zero-order chi connectivity index (χ0) is 5.70. The summed E-state index contributed by atoms with van der Waals surface area (Å²) in [4.78, 5) is 7.36. The van der Waals surface area contributed by atoms with Crippen LogP contribution < -0.4 is 11.4 Å². The van der Waals surface area contributed by atoms with Gasteiger partial charge < -0.3 is 5.21 Å². The van der Waals surface area contributed by atoms with E-state index in [-0.39, 0.29) is 5.39 Å². The van der Waals surface area contributed by atoms with E-state index >= 15 is 0 Å². The molecule has 0 aliphatic rings. The number of hydroxylamine groups is 1. The second kappa shape index (κ2) is 3.93. The smallest absolute Gasteiger partial charge is 0.0115 e. The van der Waals surface area contributed by atoms with Crippen molar-refractivity contribution in [2.75, 3.05) is 7.05 Å². The van der Waals surface area contributed by atoms with E-state index in [1.807, 2.05) is 5.48 Å². The first-order valence-electron chi connectivity index (χ1n) is 1.49. The Morgan fingerprint density at radius 3 is 2.57 bits per heavy atom. The molecular formula is CH6N3O3-. The van der Waals surface area contributed by atoms with Crippen molar-refractivity contribution in [2.45, 2.75) is 0 Å². The van der Waals surface area contributed by atoms with E-state index in [1.165, 1.54) is 7.05 Å². The standard InChI is InChI=1S/CH6N3O3/c1-3-7-4(5)6-2/h3H,2H2,1H3/q-1. The highest BCUT2D eigenvalue weighted by atomic mass is 17.2. The van der Waals surface area contributed by atoms with Crippen molar-refractivity contribution in [3.05, 3.63) is 5.21 Å². The Balaban J connectivity index is 2.83. The van der Waals surface area contributed by atoms with Gasteiger partial charge in [0.15, 0.2) is 0 Å². The molecule has 0 spiro atoms. The molecule has 0 unspecified atom stereocenters. The van der Waals surface area contributed by atoms with E-state index in [4.69, 9.17) is 0 Å². The van der Waals surface area contributed by atoms with E-state index in [1.54, 1.807) is 0 Å². The number of hydrogen-bond acceptors (Lipinski definition) is 6. The minimum Gasteiger partial charge on any atom is -0.735 e. The molecule has 0 saturated heterocycles. The molecule has 3 N–H and O–H groups in total. The Morgan fingerprint density at radius 1 is 1.86 bits per heavy atom. The van der Waals surface area contributed by atoms with Gasteiger partial charge in [-0.1, -0.05) is 5.39 Å². The van der Waals surface area contributed by atoms with Gasteiger partial charge in [0.05, 0.1) is 0 Å². The summed E-state index contributed by atoms with van der Waals surface area (Å²) in [5.41, 5.74) is 2.03. The third-order valence-electron chi connectivity index (χ3n) is 0.252. The SMILES string of the molecule is CNON([O-])ON. The third kappa shape index (κ3) is 3.59. The van der Waals surface area contributed by atoms with Gasteiger partial charge in [-0.25, -0.2) is 0 Å². The fraction of sp³-hybridized carbons (Fsp3) is 1.00. The summed E-state index contributed by atoms with van der Waals surface area (Å²) in [7, 11) is 1.39. The van der Waals surface area contributed by atoms with Gasteiger partial charge in [0, 0.05) is 7.05 Å². The molecule has 0 aliphatic carbocycles. The van der Waals surface area contributed by atoms with Gasteiger partial charge in [0.2, 0.25) is 0 Å². The molecule has 0 atom stereocenters. The van der Waals surface area contributed by atoms with Gasteiger partial charge in [0.1, 0.15) is 0 Å². The van der Waals surface area contributed by atoms with Crippen LogP contribution in [-0.2, 0) is 9.88 Å². The molecule has 7 heavy (non-hydrogen) atoms. The van der Waals surface area contributed by atoms with Crippen molar-refractivity contribution < 1.29 is 9.88 Å². The molecule has 0 saturated carbocycles. The maximum atomic E-state index is 9.70. The van der Waals surface area contributed by atoms with Gasteiger partial charge in [-0.15, -0.1) is 0 Å². The molecule has 0 aromatic heterocycles. The average molecular weight is 108 g/mol. The molecule has 0 rings (SSSR count). The second-order valence-corrected chi connectivity index (χ2v) is 0.624. The monoisotopic (exact) mass is 108 g/mol.